The molecule has 6 N–H and O–H groups in total. The van der Waals surface area contributed by atoms with E-state index in [1.807, 2.05) is 13.8 Å². The van der Waals surface area contributed by atoms with Crippen molar-refractivity contribution in [1.82, 2.24) is 64.3 Å². The molecule has 2 saturated heterocycles. The molecule has 0 radical (unpaired) electrons. The van der Waals surface area contributed by atoms with Gasteiger partial charge in [-0.3, -0.25) is 14.1 Å². The molecule has 8 atom stereocenters. The van der Waals surface area contributed by atoms with Crippen molar-refractivity contribution in [2.45, 2.75) is 121 Å². The van der Waals surface area contributed by atoms with Gasteiger partial charge >= 0.3 is 0 Å². The summed E-state index contributed by atoms with van der Waals surface area (Å²) < 4.78 is 15.5. The van der Waals surface area contributed by atoms with Gasteiger partial charge in [0.15, 0.2) is 64.5 Å². The fraction of sp³-hybridized carbons (Fsp3) is 0.571. The highest BCUT2D eigenvalue weighted by Crippen LogP contribution is 2.39. The van der Waals surface area contributed by atoms with Gasteiger partial charge in [-0.2, -0.15) is 9.90 Å². The van der Waals surface area contributed by atoms with Crippen LogP contribution in [0.5, 0.6) is 0 Å². The molecule has 1 aliphatic carbocycles. The lowest BCUT2D eigenvalue weighted by Crippen LogP contribution is -2.36. The zero-order chi connectivity index (χ0) is 40.2. The van der Waals surface area contributed by atoms with Crippen molar-refractivity contribution in [3.63, 3.8) is 0 Å². The second kappa shape index (κ2) is 15.3. The maximum atomic E-state index is 11.1. The van der Waals surface area contributed by atoms with Crippen molar-refractivity contribution >= 4 is 46.0 Å². The van der Waals surface area contributed by atoms with E-state index in [2.05, 4.69) is 66.0 Å². The standard InChI is InChI=1S/C35H45N17O6/c1-5-49-13-7-12-36-30(46-49)26-22(53)24(55)34(57-26)50-14-37-20-28(39-16(3)41-32(20)50)43-18-8-10-19(11-9-18)44-29-21-33(42-17(4)40-29)51(15-38-21)35-25(56)23(54)27(58-35)31-45-48-52(6-2)47-31/h7,12-15,18-19,22-27,34-35,53-56H,5-6,8-11H2,1-4H3,(H,39,41,43)(H,40,42,44)/t18?,19?,22-,23-,24+,25+,26-,27-,34?,35?/m0/s1. The second-order valence-electron chi connectivity index (χ2n) is 14.8. The zero-order valence-corrected chi connectivity index (χ0v) is 32.2. The van der Waals surface area contributed by atoms with Crippen LogP contribution in [-0.2, 0) is 16.0 Å². The van der Waals surface area contributed by atoms with Crippen LogP contribution in [0.1, 0.15) is 75.6 Å². The Balaban J connectivity index is 0.871. The summed E-state index contributed by atoms with van der Waals surface area (Å²) in [4.78, 5) is 33.6. The lowest BCUT2D eigenvalue weighted by molar-refractivity contribution is -0.0384. The summed E-state index contributed by atoms with van der Waals surface area (Å²) in [6, 6.07) is 0.170. The Morgan fingerprint density at radius 1 is 0.724 bits per heavy atom. The topological polar surface area (TPSA) is 282 Å². The van der Waals surface area contributed by atoms with Gasteiger partial charge < -0.3 is 40.5 Å². The van der Waals surface area contributed by atoms with Crippen molar-refractivity contribution in [3.8, 4) is 0 Å². The molecule has 3 aliphatic heterocycles. The summed E-state index contributed by atoms with van der Waals surface area (Å²) >= 11 is 0. The number of aromatic nitrogens is 12. The molecule has 8 heterocycles. The number of aliphatic hydroxyl groups is 4. The van der Waals surface area contributed by atoms with Gasteiger partial charge in [-0.05, 0) is 64.7 Å². The average molecular weight is 800 g/mol. The fourth-order valence-electron chi connectivity index (χ4n) is 7.86. The van der Waals surface area contributed by atoms with Crippen LogP contribution in [0.25, 0.3) is 22.3 Å². The largest absolute Gasteiger partial charge is 0.387 e. The third-order valence-corrected chi connectivity index (χ3v) is 10.9. The first kappa shape index (κ1) is 38.0. The first-order valence-corrected chi connectivity index (χ1v) is 19.4. The Morgan fingerprint density at radius 3 is 1.81 bits per heavy atom. The van der Waals surface area contributed by atoms with Crippen LogP contribution in [0.15, 0.2) is 35.0 Å². The molecule has 23 nitrogen and oxygen atoms in total. The minimum Gasteiger partial charge on any atom is -0.387 e. The summed E-state index contributed by atoms with van der Waals surface area (Å²) in [6.45, 7) is 8.46. The van der Waals surface area contributed by atoms with Crippen molar-refractivity contribution < 1.29 is 29.9 Å². The quantitative estimate of drug-likeness (QED) is 0.111. The number of hydrogen-bond donors (Lipinski definition) is 6. The molecule has 5 aromatic heterocycles. The van der Waals surface area contributed by atoms with Gasteiger partial charge in [-0.1, -0.05) is 0 Å². The van der Waals surface area contributed by atoms with Crippen LogP contribution < -0.4 is 10.6 Å². The highest BCUT2D eigenvalue weighted by Gasteiger charge is 2.48. The highest BCUT2D eigenvalue weighted by molar-refractivity contribution is 5.96. The molecule has 58 heavy (non-hydrogen) atoms. The monoisotopic (exact) mass is 799 g/mol. The summed E-state index contributed by atoms with van der Waals surface area (Å²) in [5, 5.41) is 69.5. The maximum absolute atomic E-state index is 11.1. The number of fused-ring (bicyclic) bond motifs is 2. The molecule has 0 amide bonds. The van der Waals surface area contributed by atoms with E-state index in [-0.39, 0.29) is 23.7 Å². The fourth-order valence-corrected chi connectivity index (χ4v) is 7.86. The minimum atomic E-state index is -1.30. The molecule has 5 aromatic rings. The molecule has 23 heteroatoms. The molecular formula is C35H45N17O6. The number of ether oxygens (including phenoxy) is 2. The van der Waals surface area contributed by atoms with E-state index in [0.29, 0.717) is 58.7 Å². The third kappa shape index (κ3) is 6.81. The lowest BCUT2D eigenvalue weighted by atomic mass is 9.91. The molecule has 9 rings (SSSR count). The summed E-state index contributed by atoms with van der Waals surface area (Å²) in [6.07, 6.45) is 2.28. The van der Waals surface area contributed by atoms with Gasteiger partial charge in [-0.25, -0.2) is 34.9 Å². The van der Waals surface area contributed by atoms with E-state index in [0.717, 1.165) is 25.7 Å². The van der Waals surface area contributed by atoms with Crippen molar-refractivity contribution in [3.05, 3.63) is 42.4 Å². The van der Waals surface area contributed by atoms with Gasteiger partial charge in [0, 0.05) is 31.0 Å². The number of hydrazone groups is 1. The number of amidine groups is 1. The van der Waals surface area contributed by atoms with Crippen LogP contribution >= 0.6 is 0 Å². The number of rotatable bonds is 10. The molecule has 306 valence electrons. The van der Waals surface area contributed by atoms with Gasteiger partial charge in [0.1, 0.15) is 36.1 Å². The van der Waals surface area contributed by atoms with Crippen molar-refractivity contribution in [2.24, 2.45) is 10.1 Å². The SMILES string of the molecule is CCN1C=CC=NC([C@H]2OC(n3cnc4c(NC5CCC(Nc6nc(C)nc7c6ncn7C6O[C@H](c7nnn(CC)n7)[C@@H](O)[C@H]6O)CC5)nc(C)nc43)[C@H](O)[C@@H]2O)=N1. The van der Waals surface area contributed by atoms with Crippen LogP contribution in [0.2, 0.25) is 0 Å². The molecular weight excluding hydrogens is 754 g/mol. The number of anilines is 2. The maximum Gasteiger partial charge on any atom is 0.206 e. The number of nitrogens with one attached hydrogen (secondary N) is 2. The molecule has 0 bridgehead atoms. The third-order valence-electron chi connectivity index (χ3n) is 10.9. The minimum absolute atomic E-state index is 0.0848. The molecule has 1 saturated carbocycles. The molecule has 3 fully saturated rings. The first-order valence-electron chi connectivity index (χ1n) is 19.4. The molecule has 4 aliphatic rings. The number of imidazole rings is 2. The Morgan fingerprint density at radius 2 is 1.28 bits per heavy atom. The van der Waals surface area contributed by atoms with Gasteiger partial charge in [0.25, 0.3) is 0 Å². The predicted octanol–water partition coefficient (Wildman–Crippen LogP) is 0.269. The Kier molecular flexibility index (Phi) is 10.0. The number of aliphatic imine (C=N–C) groups is 1. The number of allylic oxidation sites excluding steroid dienone is 1. The van der Waals surface area contributed by atoms with Gasteiger partial charge in [-0.15, -0.1) is 10.2 Å². The first-order chi connectivity index (χ1) is 28.1. The number of nitrogens with zero attached hydrogens (tertiary/aromatic N) is 15. The summed E-state index contributed by atoms with van der Waals surface area (Å²) in [7, 11) is 0. The van der Waals surface area contributed by atoms with E-state index in [1.165, 1.54) is 17.5 Å². The highest BCUT2D eigenvalue weighted by atomic mass is 16.6. The molecule has 2 unspecified atom stereocenters. The lowest BCUT2D eigenvalue weighted by Gasteiger charge is -2.30. The Labute approximate surface area is 330 Å². The Bertz CT molecular complexity index is 2390. The number of aryl methyl sites for hydroxylation is 3. The average Bonchev–Trinajstić information content (AvgIpc) is 4.03. The van der Waals surface area contributed by atoms with Gasteiger partial charge in [0.05, 0.1) is 19.2 Å². The van der Waals surface area contributed by atoms with Gasteiger partial charge in [0.2, 0.25) is 5.82 Å². The molecule has 0 aromatic carbocycles. The van der Waals surface area contributed by atoms with Crippen LogP contribution in [0, 0.1) is 13.8 Å². The Hall–Kier alpha value is -5.59. The molecule has 0 spiro atoms. The summed E-state index contributed by atoms with van der Waals surface area (Å²) in [5.74, 6) is 2.56. The van der Waals surface area contributed by atoms with Crippen LogP contribution in [0.4, 0.5) is 11.6 Å². The number of tetrazole rings is 1. The predicted molar refractivity (Wildman–Crippen MR) is 205 cm³/mol. The van der Waals surface area contributed by atoms with E-state index in [1.54, 1.807) is 46.5 Å². The van der Waals surface area contributed by atoms with Crippen molar-refractivity contribution in [1.29, 1.82) is 0 Å². The smallest absolute Gasteiger partial charge is 0.206 e. The van der Waals surface area contributed by atoms with Crippen LogP contribution in [0.3, 0.4) is 0 Å². The van der Waals surface area contributed by atoms with E-state index in [4.69, 9.17) is 9.47 Å². The van der Waals surface area contributed by atoms with E-state index >= 15 is 0 Å². The number of hydrogen-bond acceptors (Lipinski definition) is 20. The number of aliphatic hydroxyl groups excluding tert-OH is 4. The van der Waals surface area contributed by atoms with Crippen molar-refractivity contribution in [2.75, 3.05) is 17.2 Å². The zero-order valence-electron chi connectivity index (χ0n) is 32.2. The van der Waals surface area contributed by atoms with Crippen LogP contribution in [-0.4, -0.2) is 146 Å². The van der Waals surface area contributed by atoms with E-state index < -0.39 is 49.1 Å². The summed E-state index contributed by atoms with van der Waals surface area (Å²) in [5.41, 5.74) is 1.92. The second-order valence-corrected chi connectivity index (χ2v) is 14.8. The normalized spacial score (nSPS) is 30.1. The van der Waals surface area contributed by atoms with E-state index in [9.17, 15) is 20.4 Å².